The molecule has 21 heavy (non-hydrogen) atoms. The van der Waals surface area contributed by atoms with Gasteiger partial charge in [0, 0.05) is 17.1 Å². The Kier molecular flexibility index (Phi) is 4.62. The summed E-state index contributed by atoms with van der Waals surface area (Å²) in [6.07, 6.45) is 3.54. The first-order valence-electron chi connectivity index (χ1n) is 7.76. The lowest BCUT2D eigenvalue weighted by Crippen LogP contribution is -2.45. The summed E-state index contributed by atoms with van der Waals surface area (Å²) >= 11 is 6.07. The SMILES string of the molecule is CC(Cc1ccccc1)NC1CC(c2cccc(Cl)c2)C1. The van der Waals surface area contributed by atoms with Gasteiger partial charge in [0.1, 0.15) is 0 Å². The number of hydrogen-bond acceptors (Lipinski definition) is 1. The second-order valence-electron chi connectivity index (χ2n) is 6.18. The van der Waals surface area contributed by atoms with E-state index in [2.05, 4.69) is 60.8 Å². The van der Waals surface area contributed by atoms with Crippen molar-refractivity contribution >= 4 is 11.6 Å². The lowest BCUT2D eigenvalue weighted by molar-refractivity contribution is 0.269. The zero-order valence-electron chi connectivity index (χ0n) is 12.4. The maximum Gasteiger partial charge on any atom is 0.0408 e. The van der Waals surface area contributed by atoms with Crippen LogP contribution in [-0.4, -0.2) is 12.1 Å². The fourth-order valence-electron chi connectivity index (χ4n) is 3.22. The van der Waals surface area contributed by atoms with Gasteiger partial charge in [0.2, 0.25) is 0 Å². The fourth-order valence-corrected chi connectivity index (χ4v) is 3.41. The molecule has 0 aliphatic heterocycles. The summed E-state index contributed by atoms with van der Waals surface area (Å²) in [4.78, 5) is 0. The van der Waals surface area contributed by atoms with Crippen molar-refractivity contribution in [1.29, 1.82) is 0 Å². The standard InChI is InChI=1S/C19H22ClN/c1-14(10-15-6-3-2-4-7-15)21-19-12-17(13-19)16-8-5-9-18(20)11-16/h2-9,11,14,17,19,21H,10,12-13H2,1H3. The van der Waals surface area contributed by atoms with E-state index >= 15 is 0 Å². The van der Waals surface area contributed by atoms with Gasteiger partial charge in [-0.25, -0.2) is 0 Å². The lowest BCUT2D eigenvalue weighted by Gasteiger charge is -2.38. The van der Waals surface area contributed by atoms with Crippen LogP contribution in [0, 0.1) is 0 Å². The van der Waals surface area contributed by atoms with Crippen LogP contribution in [0.5, 0.6) is 0 Å². The molecule has 1 saturated carbocycles. The van der Waals surface area contributed by atoms with Crippen molar-refractivity contribution in [3.63, 3.8) is 0 Å². The smallest absolute Gasteiger partial charge is 0.0408 e. The van der Waals surface area contributed by atoms with Crippen molar-refractivity contribution in [1.82, 2.24) is 5.32 Å². The molecule has 1 N–H and O–H groups in total. The largest absolute Gasteiger partial charge is 0.311 e. The molecule has 0 amide bonds. The van der Waals surface area contributed by atoms with Gasteiger partial charge in [-0.1, -0.05) is 54.1 Å². The molecule has 110 valence electrons. The molecule has 1 unspecified atom stereocenters. The molecule has 0 heterocycles. The van der Waals surface area contributed by atoms with Crippen LogP contribution in [0.1, 0.15) is 36.8 Å². The number of rotatable bonds is 5. The summed E-state index contributed by atoms with van der Waals surface area (Å²) < 4.78 is 0. The minimum absolute atomic E-state index is 0.526. The van der Waals surface area contributed by atoms with Crippen LogP contribution in [0.15, 0.2) is 54.6 Å². The molecule has 0 bridgehead atoms. The van der Waals surface area contributed by atoms with Crippen LogP contribution in [-0.2, 0) is 6.42 Å². The Morgan fingerprint density at radius 3 is 2.57 bits per heavy atom. The molecule has 0 spiro atoms. The van der Waals surface area contributed by atoms with E-state index in [0.29, 0.717) is 18.0 Å². The van der Waals surface area contributed by atoms with Crippen LogP contribution in [0.3, 0.4) is 0 Å². The van der Waals surface area contributed by atoms with Gasteiger partial charge in [-0.15, -0.1) is 0 Å². The van der Waals surface area contributed by atoms with Gasteiger partial charge in [0.05, 0.1) is 0 Å². The average Bonchev–Trinajstić information content (AvgIpc) is 2.43. The van der Waals surface area contributed by atoms with E-state index in [1.54, 1.807) is 0 Å². The Morgan fingerprint density at radius 2 is 1.86 bits per heavy atom. The minimum Gasteiger partial charge on any atom is -0.311 e. The second-order valence-corrected chi connectivity index (χ2v) is 6.61. The van der Waals surface area contributed by atoms with Gasteiger partial charge < -0.3 is 5.32 Å². The Hall–Kier alpha value is -1.31. The first kappa shape index (κ1) is 14.6. The summed E-state index contributed by atoms with van der Waals surface area (Å²) in [7, 11) is 0. The van der Waals surface area contributed by atoms with Crippen LogP contribution in [0.25, 0.3) is 0 Å². The molecule has 2 aromatic carbocycles. The van der Waals surface area contributed by atoms with Crippen molar-refractivity contribution in [2.45, 2.75) is 44.2 Å². The van der Waals surface area contributed by atoms with Crippen LogP contribution in [0.4, 0.5) is 0 Å². The van der Waals surface area contributed by atoms with Gasteiger partial charge in [-0.05, 0) is 55.4 Å². The van der Waals surface area contributed by atoms with E-state index in [4.69, 9.17) is 11.6 Å². The topological polar surface area (TPSA) is 12.0 Å². The van der Waals surface area contributed by atoms with Crippen molar-refractivity contribution < 1.29 is 0 Å². The van der Waals surface area contributed by atoms with E-state index in [1.807, 2.05) is 6.07 Å². The summed E-state index contributed by atoms with van der Waals surface area (Å²) in [5.74, 6) is 0.671. The Balaban J connectivity index is 1.46. The molecule has 1 aliphatic rings. The maximum atomic E-state index is 6.07. The monoisotopic (exact) mass is 299 g/mol. The summed E-state index contributed by atoms with van der Waals surface area (Å²) in [5.41, 5.74) is 2.79. The maximum absolute atomic E-state index is 6.07. The molecule has 1 nitrogen and oxygen atoms in total. The Bertz CT molecular complexity index is 575. The van der Waals surface area contributed by atoms with Gasteiger partial charge in [0.15, 0.2) is 0 Å². The van der Waals surface area contributed by atoms with Crippen LogP contribution < -0.4 is 5.32 Å². The van der Waals surface area contributed by atoms with Crippen molar-refractivity contribution in [3.05, 3.63) is 70.7 Å². The van der Waals surface area contributed by atoms with E-state index in [-0.39, 0.29) is 0 Å². The molecule has 3 rings (SSSR count). The first-order chi connectivity index (χ1) is 10.2. The number of halogens is 1. The zero-order chi connectivity index (χ0) is 14.7. The Labute approximate surface area is 132 Å². The lowest BCUT2D eigenvalue weighted by atomic mass is 9.75. The summed E-state index contributed by atoms with van der Waals surface area (Å²) in [6.45, 7) is 2.28. The third-order valence-corrected chi connectivity index (χ3v) is 4.60. The number of benzene rings is 2. The predicted octanol–water partition coefficient (Wildman–Crippen LogP) is 4.81. The average molecular weight is 300 g/mol. The quantitative estimate of drug-likeness (QED) is 0.835. The molecule has 1 atom stereocenters. The van der Waals surface area contributed by atoms with Gasteiger partial charge in [0.25, 0.3) is 0 Å². The summed E-state index contributed by atoms with van der Waals surface area (Å²) in [6, 6.07) is 20.2. The molecule has 2 heteroatoms. The van der Waals surface area contributed by atoms with E-state index in [1.165, 1.54) is 24.0 Å². The van der Waals surface area contributed by atoms with Gasteiger partial charge >= 0.3 is 0 Å². The highest BCUT2D eigenvalue weighted by molar-refractivity contribution is 6.30. The summed E-state index contributed by atoms with van der Waals surface area (Å²) in [5, 5.41) is 4.59. The van der Waals surface area contributed by atoms with Crippen molar-refractivity contribution in [2.24, 2.45) is 0 Å². The molecule has 0 radical (unpaired) electrons. The fraction of sp³-hybridized carbons (Fsp3) is 0.368. The van der Waals surface area contributed by atoms with E-state index in [9.17, 15) is 0 Å². The third-order valence-electron chi connectivity index (χ3n) is 4.36. The minimum atomic E-state index is 0.526. The van der Waals surface area contributed by atoms with E-state index < -0.39 is 0 Å². The molecule has 1 aliphatic carbocycles. The predicted molar refractivity (Wildman–Crippen MR) is 90.0 cm³/mol. The van der Waals surface area contributed by atoms with Gasteiger partial charge in [-0.2, -0.15) is 0 Å². The molecular formula is C19H22ClN. The zero-order valence-corrected chi connectivity index (χ0v) is 13.2. The molecule has 0 aromatic heterocycles. The second kappa shape index (κ2) is 6.64. The number of hydrogen-bond donors (Lipinski definition) is 1. The normalized spacial score (nSPS) is 22.6. The third kappa shape index (κ3) is 3.87. The van der Waals surface area contributed by atoms with Crippen LogP contribution in [0.2, 0.25) is 5.02 Å². The molecule has 2 aromatic rings. The van der Waals surface area contributed by atoms with Crippen LogP contribution >= 0.6 is 11.6 Å². The van der Waals surface area contributed by atoms with Crippen molar-refractivity contribution in [2.75, 3.05) is 0 Å². The van der Waals surface area contributed by atoms with Gasteiger partial charge in [-0.3, -0.25) is 0 Å². The van der Waals surface area contributed by atoms with Crippen molar-refractivity contribution in [3.8, 4) is 0 Å². The highest BCUT2D eigenvalue weighted by Crippen LogP contribution is 2.37. The number of nitrogens with one attached hydrogen (secondary N) is 1. The molecule has 1 fully saturated rings. The van der Waals surface area contributed by atoms with E-state index in [0.717, 1.165) is 11.4 Å². The first-order valence-corrected chi connectivity index (χ1v) is 8.14. The molecule has 0 saturated heterocycles. The highest BCUT2D eigenvalue weighted by atomic mass is 35.5. The molecular weight excluding hydrogens is 278 g/mol. The Morgan fingerprint density at radius 1 is 1.10 bits per heavy atom. The highest BCUT2D eigenvalue weighted by Gasteiger charge is 2.30.